The van der Waals surface area contributed by atoms with Crippen LogP contribution in [0.25, 0.3) is 0 Å². The van der Waals surface area contributed by atoms with Crippen molar-refractivity contribution in [3.8, 4) is 5.75 Å². The van der Waals surface area contributed by atoms with E-state index in [1.807, 2.05) is 13.1 Å². The van der Waals surface area contributed by atoms with Crippen molar-refractivity contribution in [2.24, 2.45) is 0 Å². The summed E-state index contributed by atoms with van der Waals surface area (Å²) in [6, 6.07) is 5.30. The highest BCUT2D eigenvalue weighted by atomic mass is 35.5. The molecule has 0 bridgehead atoms. The van der Waals surface area contributed by atoms with E-state index in [1.54, 1.807) is 12.1 Å². The number of nitrogens with zero attached hydrogens (tertiary/aromatic N) is 1. The second kappa shape index (κ2) is 4.49. The summed E-state index contributed by atoms with van der Waals surface area (Å²) in [6.45, 7) is 3.96. The fraction of sp³-hybridized carbons (Fsp3) is 0.400. The molecule has 3 heteroatoms. The highest BCUT2D eigenvalue weighted by molar-refractivity contribution is 6.32. The van der Waals surface area contributed by atoms with Gasteiger partial charge in [0.05, 0.1) is 5.02 Å². The van der Waals surface area contributed by atoms with Crippen LogP contribution in [-0.2, 0) is 6.54 Å². The van der Waals surface area contributed by atoms with E-state index in [1.165, 1.54) is 0 Å². The van der Waals surface area contributed by atoms with E-state index in [2.05, 4.69) is 11.8 Å². The van der Waals surface area contributed by atoms with Gasteiger partial charge in [-0.2, -0.15) is 0 Å². The summed E-state index contributed by atoms with van der Waals surface area (Å²) in [5.74, 6) is 0.143. The molecule has 0 aromatic heterocycles. The molecule has 13 heavy (non-hydrogen) atoms. The number of rotatable bonds is 3. The zero-order valence-corrected chi connectivity index (χ0v) is 8.67. The topological polar surface area (TPSA) is 23.5 Å². The van der Waals surface area contributed by atoms with Crippen LogP contribution < -0.4 is 0 Å². The average molecular weight is 200 g/mol. The molecule has 0 aliphatic carbocycles. The van der Waals surface area contributed by atoms with Crippen LogP contribution in [-0.4, -0.2) is 23.6 Å². The lowest BCUT2D eigenvalue weighted by atomic mass is 10.2. The van der Waals surface area contributed by atoms with E-state index in [9.17, 15) is 5.11 Å². The van der Waals surface area contributed by atoms with Gasteiger partial charge in [-0.05, 0) is 31.3 Å². The van der Waals surface area contributed by atoms with Gasteiger partial charge in [0, 0.05) is 6.54 Å². The van der Waals surface area contributed by atoms with Crippen LogP contribution in [0.5, 0.6) is 5.75 Å². The summed E-state index contributed by atoms with van der Waals surface area (Å²) in [5.41, 5.74) is 1.12. The van der Waals surface area contributed by atoms with Crippen LogP contribution in [0.3, 0.4) is 0 Å². The SMILES string of the molecule is CCN(C)Cc1ccc(O)c(Cl)c1. The largest absolute Gasteiger partial charge is 0.506 e. The van der Waals surface area contributed by atoms with Crippen molar-refractivity contribution in [1.82, 2.24) is 4.90 Å². The number of benzene rings is 1. The maximum Gasteiger partial charge on any atom is 0.134 e. The third-order valence-electron chi connectivity index (χ3n) is 2.00. The van der Waals surface area contributed by atoms with Gasteiger partial charge in [-0.3, -0.25) is 0 Å². The molecule has 0 fully saturated rings. The summed E-state index contributed by atoms with van der Waals surface area (Å²) in [4.78, 5) is 2.17. The highest BCUT2D eigenvalue weighted by Crippen LogP contribution is 2.23. The first kappa shape index (κ1) is 10.4. The fourth-order valence-corrected chi connectivity index (χ4v) is 1.28. The molecule has 0 aliphatic heterocycles. The highest BCUT2D eigenvalue weighted by Gasteiger charge is 2.01. The van der Waals surface area contributed by atoms with Crippen LogP contribution in [0.1, 0.15) is 12.5 Å². The normalized spacial score (nSPS) is 10.8. The average Bonchev–Trinajstić information content (AvgIpc) is 2.11. The van der Waals surface area contributed by atoms with Crippen LogP contribution >= 0.6 is 11.6 Å². The molecule has 0 radical (unpaired) electrons. The Kier molecular flexibility index (Phi) is 3.58. The first-order valence-corrected chi connectivity index (χ1v) is 4.67. The molecule has 1 aromatic rings. The Morgan fingerprint density at radius 1 is 1.46 bits per heavy atom. The van der Waals surface area contributed by atoms with Gasteiger partial charge in [0.2, 0.25) is 0 Å². The van der Waals surface area contributed by atoms with Crippen molar-refractivity contribution in [2.45, 2.75) is 13.5 Å². The molecule has 0 unspecified atom stereocenters. The minimum absolute atomic E-state index is 0.143. The molecule has 0 atom stereocenters. The third-order valence-corrected chi connectivity index (χ3v) is 2.31. The molecule has 0 spiro atoms. The Balaban J connectivity index is 2.73. The van der Waals surface area contributed by atoms with Crippen molar-refractivity contribution in [1.29, 1.82) is 0 Å². The second-order valence-corrected chi connectivity index (χ2v) is 3.52. The predicted octanol–water partition coefficient (Wildman–Crippen LogP) is 2.50. The molecule has 72 valence electrons. The second-order valence-electron chi connectivity index (χ2n) is 3.12. The predicted molar refractivity (Wildman–Crippen MR) is 55.1 cm³/mol. The van der Waals surface area contributed by atoms with Crippen LogP contribution in [0.15, 0.2) is 18.2 Å². The van der Waals surface area contributed by atoms with E-state index in [0.29, 0.717) is 5.02 Å². The minimum atomic E-state index is 0.143. The van der Waals surface area contributed by atoms with E-state index >= 15 is 0 Å². The van der Waals surface area contributed by atoms with Crippen molar-refractivity contribution < 1.29 is 5.11 Å². The van der Waals surface area contributed by atoms with E-state index in [-0.39, 0.29) is 5.75 Å². The number of hydrogen-bond donors (Lipinski definition) is 1. The van der Waals surface area contributed by atoms with Crippen molar-refractivity contribution in [3.05, 3.63) is 28.8 Å². The Labute approximate surface area is 83.7 Å². The molecule has 0 heterocycles. The zero-order valence-electron chi connectivity index (χ0n) is 7.92. The van der Waals surface area contributed by atoms with Crippen molar-refractivity contribution in [2.75, 3.05) is 13.6 Å². The summed E-state index contributed by atoms with van der Waals surface area (Å²) < 4.78 is 0. The Morgan fingerprint density at radius 2 is 2.15 bits per heavy atom. The van der Waals surface area contributed by atoms with Gasteiger partial charge in [0.15, 0.2) is 0 Å². The van der Waals surface area contributed by atoms with Gasteiger partial charge in [-0.15, -0.1) is 0 Å². The standard InChI is InChI=1S/C10H14ClNO/c1-3-12(2)7-8-4-5-10(13)9(11)6-8/h4-6,13H,3,7H2,1-2H3. The molecule has 1 rings (SSSR count). The van der Waals surface area contributed by atoms with Gasteiger partial charge in [0.1, 0.15) is 5.75 Å². The lowest BCUT2D eigenvalue weighted by Gasteiger charge is -2.13. The molecular formula is C10H14ClNO. The summed E-state index contributed by atoms with van der Waals surface area (Å²) in [7, 11) is 2.04. The first-order valence-electron chi connectivity index (χ1n) is 4.29. The van der Waals surface area contributed by atoms with Gasteiger partial charge < -0.3 is 10.0 Å². The lowest BCUT2D eigenvalue weighted by molar-refractivity contribution is 0.345. The number of aromatic hydroxyl groups is 1. The molecular weight excluding hydrogens is 186 g/mol. The van der Waals surface area contributed by atoms with Crippen LogP contribution in [0, 0.1) is 0 Å². The maximum atomic E-state index is 9.19. The molecule has 0 aliphatic rings. The van der Waals surface area contributed by atoms with E-state index in [4.69, 9.17) is 11.6 Å². The Hall–Kier alpha value is -0.730. The smallest absolute Gasteiger partial charge is 0.134 e. The lowest BCUT2D eigenvalue weighted by Crippen LogP contribution is -2.16. The first-order chi connectivity index (χ1) is 6.13. The third kappa shape index (κ3) is 2.90. The monoisotopic (exact) mass is 199 g/mol. The van der Waals surface area contributed by atoms with E-state index < -0.39 is 0 Å². The summed E-state index contributed by atoms with van der Waals surface area (Å²) in [5, 5.41) is 9.61. The zero-order chi connectivity index (χ0) is 9.84. The molecule has 0 saturated heterocycles. The summed E-state index contributed by atoms with van der Waals surface area (Å²) >= 11 is 5.77. The van der Waals surface area contributed by atoms with Gasteiger partial charge in [0.25, 0.3) is 0 Å². The van der Waals surface area contributed by atoms with Crippen molar-refractivity contribution >= 4 is 11.6 Å². The number of phenolic OH excluding ortho intramolecular Hbond substituents is 1. The minimum Gasteiger partial charge on any atom is -0.506 e. The molecule has 2 nitrogen and oxygen atoms in total. The van der Waals surface area contributed by atoms with E-state index in [0.717, 1.165) is 18.7 Å². The Bertz CT molecular complexity index is 288. The van der Waals surface area contributed by atoms with Crippen molar-refractivity contribution in [3.63, 3.8) is 0 Å². The van der Waals surface area contributed by atoms with Gasteiger partial charge in [-0.25, -0.2) is 0 Å². The summed E-state index contributed by atoms with van der Waals surface area (Å²) in [6.07, 6.45) is 0. The fourth-order valence-electron chi connectivity index (χ4n) is 1.07. The number of hydrogen-bond acceptors (Lipinski definition) is 2. The quantitative estimate of drug-likeness (QED) is 0.809. The molecule has 0 amide bonds. The Morgan fingerprint density at radius 3 is 2.69 bits per heavy atom. The van der Waals surface area contributed by atoms with Crippen LogP contribution in [0.2, 0.25) is 5.02 Å². The number of phenols is 1. The maximum absolute atomic E-state index is 9.19. The van der Waals surface area contributed by atoms with Gasteiger partial charge >= 0.3 is 0 Å². The van der Waals surface area contributed by atoms with Crippen LogP contribution in [0.4, 0.5) is 0 Å². The number of halogens is 1. The van der Waals surface area contributed by atoms with Gasteiger partial charge in [-0.1, -0.05) is 24.6 Å². The molecule has 1 N–H and O–H groups in total. The molecule has 1 aromatic carbocycles. The molecule has 0 saturated carbocycles.